The number of aryl methyl sites for hydroxylation is 1. The summed E-state index contributed by atoms with van der Waals surface area (Å²) in [7, 11) is 0. The minimum atomic E-state index is 0.547. The number of nitrogens with zero attached hydrogens (tertiary/aromatic N) is 6. The van der Waals surface area contributed by atoms with Gasteiger partial charge in [-0.2, -0.15) is 5.10 Å². The zero-order chi connectivity index (χ0) is 16.2. The lowest BCUT2D eigenvalue weighted by Gasteiger charge is -2.00. The molecule has 2 heterocycles. The van der Waals surface area contributed by atoms with Crippen LogP contribution in [-0.4, -0.2) is 25.7 Å². The topological polar surface area (TPSA) is 68.3 Å². The molecule has 0 bridgehead atoms. The summed E-state index contributed by atoms with van der Waals surface area (Å²) < 4.78 is 2.67. The maximum Gasteiger partial charge on any atom is 0.252 e. The Hall–Kier alpha value is -1.71. The van der Waals surface area contributed by atoms with Gasteiger partial charge in [0.1, 0.15) is 5.69 Å². The molecule has 6 nitrogen and oxygen atoms in total. The van der Waals surface area contributed by atoms with Crippen LogP contribution in [0.3, 0.4) is 0 Å². The molecule has 0 atom stereocenters. The fourth-order valence-electron chi connectivity index (χ4n) is 1.84. The van der Waals surface area contributed by atoms with Crippen molar-refractivity contribution in [2.24, 2.45) is 10.2 Å². The van der Waals surface area contributed by atoms with E-state index in [1.165, 1.54) is 11.3 Å². The van der Waals surface area contributed by atoms with Crippen molar-refractivity contribution in [3.8, 4) is 5.69 Å². The average Bonchev–Trinajstić information content (AvgIpc) is 3.12. The number of hydrogen-bond acceptors (Lipinski definition) is 8. The molecule has 3 aromatic rings. The van der Waals surface area contributed by atoms with E-state index in [4.69, 9.17) is 0 Å². The Kier molecular flexibility index (Phi) is 5.09. The quantitative estimate of drug-likeness (QED) is 0.400. The lowest BCUT2D eigenvalue weighted by molar-refractivity contribution is 0.860. The molecular weight excluding hydrogens is 348 g/mol. The summed E-state index contributed by atoms with van der Waals surface area (Å²) in [4.78, 5) is 0.883. The fourth-order valence-corrected chi connectivity index (χ4v) is 3.62. The molecule has 3 rings (SSSR count). The molecule has 0 radical (unpaired) electrons. The first-order chi connectivity index (χ1) is 11.2. The normalized spacial score (nSPS) is 11.4. The van der Waals surface area contributed by atoms with Gasteiger partial charge in [0.2, 0.25) is 0 Å². The van der Waals surface area contributed by atoms with Gasteiger partial charge in [-0.25, -0.2) is 4.68 Å². The molecular formula is C14H14N6S3. The Morgan fingerprint density at radius 3 is 2.96 bits per heavy atom. The third kappa shape index (κ3) is 3.98. The van der Waals surface area contributed by atoms with E-state index in [9.17, 15) is 0 Å². The van der Waals surface area contributed by atoms with E-state index in [0.717, 1.165) is 26.4 Å². The number of benzene rings is 1. The van der Waals surface area contributed by atoms with E-state index in [-0.39, 0.29) is 0 Å². The van der Waals surface area contributed by atoms with Crippen molar-refractivity contribution in [1.82, 2.24) is 20.0 Å². The maximum atomic E-state index is 4.46. The highest BCUT2D eigenvalue weighted by Gasteiger charge is 2.07. The van der Waals surface area contributed by atoms with Gasteiger partial charge < -0.3 is 0 Å². The number of thioether (sulfide) groups is 1. The van der Waals surface area contributed by atoms with Crippen molar-refractivity contribution in [1.29, 1.82) is 0 Å². The Bertz CT molecular complexity index is 839. The molecule has 9 heteroatoms. The van der Waals surface area contributed by atoms with Gasteiger partial charge in [-0.15, -0.1) is 33.1 Å². The Balaban J connectivity index is 1.82. The van der Waals surface area contributed by atoms with Crippen LogP contribution in [-0.2, 0) is 0 Å². The zero-order valence-corrected chi connectivity index (χ0v) is 15.1. The van der Waals surface area contributed by atoms with Crippen LogP contribution < -0.4 is 0 Å². The lowest BCUT2D eigenvalue weighted by Crippen LogP contribution is -1.94. The highest BCUT2D eigenvalue weighted by Crippen LogP contribution is 2.29. The number of aromatic nitrogens is 4. The second-order valence-electron chi connectivity index (χ2n) is 4.55. The largest absolute Gasteiger partial charge is 0.252 e. The van der Waals surface area contributed by atoms with Crippen LogP contribution >= 0.6 is 35.7 Å². The fraction of sp³-hybridized carbons (Fsp3) is 0.214. The molecule has 0 fully saturated rings. The first kappa shape index (κ1) is 16.2. The summed E-state index contributed by atoms with van der Waals surface area (Å²) in [6.45, 7) is 3.97. The van der Waals surface area contributed by atoms with Crippen molar-refractivity contribution in [2.45, 2.75) is 23.1 Å². The van der Waals surface area contributed by atoms with E-state index in [1.54, 1.807) is 16.4 Å². The number of azo groups is 1. The SMILES string of the molecule is CCSc1nnc(N=Nc2cn(-c3cccc(S)c3)nc2C)s1. The third-order valence-corrected chi connectivity index (χ3v) is 4.98. The Labute approximate surface area is 147 Å². The molecule has 2 aromatic heterocycles. The smallest absolute Gasteiger partial charge is 0.238 e. The van der Waals surface area contributed by atoms with Gasteiger partial charge in [0.05, 0.1) is 17.6 Å². The first-order valence-electron chi connectivity index (χ1n) is 6.89. The van der Waals surface area contributed by atoms with Gasteiger partial charge in [-0.1, -0.05) is 36.1 Å². The van der Waals surface area contributed by atoms with Crippen LogP contribution in [0.5, 0.6) is 0 Å². The van der Waals surface area contributed by atoms with E-state index < -0.39 is 0 Å². The standard InChI is InChI=1S/C14H14N6S3/c1-3-22-14-18-17-13(23-14)16-15-12-8-20(19-9(12)2)10-5-4-6-11(21)7-10/h4-8,21H,3H2,1-2H3. The number of rotatable bonds is 5. The predicted molar refractivity (Wildman–Crippen MR) is 96.0 cm³/mol. The van der Waals surface area contributed by atoms with Crippen LogP contribution in [0.2, 0.25) is 0 Å². The second-order valence-corrected chi connectivity index (χ2v) is 7.53. The van der Waals surface area contributed by atoms with Crippen molar-refractivity contribution in [2.75, 3.05) is 5.75 Å². The summed E-state index contributed by atoms with van der Waals surface area (Å²) in [5, 5.41) is 21.5. The van der Waals surface area contributed by atoms with E-state index in [1.807, 2.05) is 37.4 Å². The Morgan fingerprint density at radius 2 is 2.17 bits per heavy atom. The summed E-state index contributed by atoms with van der Waals surface area (Å²) in [5.74, 6) is 0.960. The van der Waals surface area contributed by atoms with Gasteiger partial charge in [-0.05, 0) is 30.9 Å². The highest BCUT2D eigenvalue weighted by atomic mass is 32.2. The van der Waals surface area contributed by atoms with Gasteiger partial charge >= 0.3 is 0 Å². The molecule has 0 unspecified atom stereocenters. The maximum absolute atomic E-state index is 4.46. The van der Waals surface area contributed by atoms with E-state index >= 15 is 0 Å². The molecule has 118 valence electrons. The molecule has 0 saturated heterocycles. The van der Waals surface area contributed by atoms with Crippen molar-refractivity contribution in [3.63, 3.8) is 0 Å². The zero-order valence-electron chi connectivity index (χ0n) is 12.5. The first-order valence-corrected chi connectivity index (χ1v) is 9.14. The summed E-state index contributed by atoms with van der Waals surface area (Å²) in [5.41, 5.74) is 2.43. The van der Waals surface area contributed by atoms with Crippen LogP contribution in [0.25, 0.3) is 5.69 Å². The average molecular weight is 363 g/mol. The van der Waals surface area contributed by atoms with Crippen LogP contribution in [0.15, 0.2) is 49.9 Å². The van der Waals surface area contributed by atoms with Gasteiger partial charge in [0.25, 0.3) is 5.13 Å². The minimum absolute atomic E-state index is 0.547. The number of thiol groups is 1. The summed E-state index contributed by atoms with van der Waals surface area (Å²) in [6, 6.07) is 7.76. The number of hydrogen-bond donors (Lipinski definition) is 1. The van der Waals surface area contributed by atoms with Crippen molar-refractivity contribution >= 4 is 46.5 Å². The molecule has 23 heavy (non-hydrogen) atoms. The molecule has 0 aliphatic rings. The van der Waals surface area contributed by atoms with Gasteiger partial charge in [0.15, 0.2) is 4.34 Å². The molecule has 0 saturated carbocycles. The molecule has 0 N–H and O–H groups in total. The Morgan fingerprint density at radius 1 is 1.30 bits per heavy atom. The van der Waals surface area contributed by atoms with Crippen LogP contribution in [0, 0.1) is 6.92 Å². The van der Waals surface area contributed by atoms with E-state index in [0.29, 0.717) is 10.8 Å². The monoisotopic (exact) mass is 362 g/mol. The molecule has 0 aliphatic carbocycles. The molecule has 0 amide bonds. The summed E-state index contributed by atoms with van der Waals surface area (Å²) >= 11 is 7.42. The minimum Gasteiger partial charge on any atom is -0.238 e. The van der Waals surface area contributed by atoms with Gasteiger partial charge in [-0.3, -0.25) is 0 Å². The highest BCUT2D eigenvalue weighted by molar-refractivity contribution is 8.01. The van der Waals surface area contributed by atoms with Crippen molar-refractivity contribution in [3.05, 3.63) is 36.2 Å². The third-order valence-electron chi connectivity index (χ3n) is 2.87. The van der Waals surface area contributed by atoms with E-state index in [2.05, 4.69) is 45.1 Å². The van der Waals surface area contributed by atoms with Crippen LogP contribution in [0.4, 0.5) is 10.8 Å². The molecule has 0 aliphatic heterocycles. The van der Waals surface area contributed by atoms with Gasteiger partial charge in [0, 0.05) is 4.90 Å². The van der Waals surface area contributed by atoms with Crippen LogP contribution in [0.1, 0.15) is 12.6 Å². The van der Waals surface area contributed by atoms with Crippen molar-refractivity contribution < 1.29 is 0 Å². The lowest BCUT2D eigenvalue weighted by atomic mass is 10.3. The molecule has 0 spiro atoms. The predicted octanol–water partition coefficient (Wildman–Crippen LogP) is 4.85. The summed E-state index contributed by atoms with van der Waals surface area (Å²) in [6.07, 6.45) is 1.84. The second kappa shape index (κ2) is 7.24. The molecule has 1 aromatic carbocycles.